The summed E-state index contributed by atoms with van der Waals surface area (Å²) in [5, 5.41) is 10.7. The summed E-state index contributed by atoms with van der Waals surface area (Å²) in [5.41, 5.74) is 8.40. The Kier molecular flexibility index (Phi) is 4.90. The molecule has 0 aliphatic carbocycles. The molecule has 1 unspecified atom stereocenters. The molecule has 1 spiro atoms. The van der Waals surface area contributed by atoms with Crippen LogP contribution in [-0.4, -0.2) is 37.9 Å². The first-order valence-electron chi connectivity index (χ1n) is 9.25. The van der Waals surface area contributed by atoms with Crippen LogP contribution in [0.2, 0.25) is 0 Å². The topological polar surface area (TPSA) is 93.1 Å². The standard InChI is InChI=1S/C21H22N4O3/c1-25-20(23)24-21(28-25)8-3-9-26-10-11-27-19-7-6-17(13-18(19)21)16-5-2-4-15(12-16)14-22/h2,4-7,12-13H,3,8-11H2,1H3,(H2,23,24). The van der Waals surface area contributed by atoms with Crippen LogP contribution in [0.4, 0.5) is 0 Å². The van der Waals surface area contributed by atoms with E-state index in [0.717, 1.165) is 23.1 Å². The van der Waals surface area contributed by atoms with Gasteiger partial charge in [-0.05, 0) is 41.8 Å². The Bertz CT molecular complexity index is 953. The molecular weight excluding hydrogens is 356 g/mol. The number of guanidine groups is 1. The third kappa shape index (κ3) is 3.40. The van der Waals surface area contributed by atoms with Gasteiger partial charge in [-0.1, -0.05) is 18.2 Å². The minimum absolute atomic E-state index is 0.320. The van der Waals surface area contributed by atoms with E-state index in [1.165, 1.54) is 5.06 Å². The first-order valence-corrected chi connectivity index (χ1v) is 9.25. The van der Waals surface area contributed by atoms with E-state index >= 15 is 0 Å². The summed E-state index contributed by atoms with van der Waals surface area (Å²) in [7, 11) is 1.74. The number of ether oxygens (including phenoxy) is 2. The van der Waals surface area contributed by atoms with Crippen LogP contribution >= 0.6 is 0 Å². The lowest BCUT2D eigenvalue weighted by Crippen LogP contribution is -2.32. The first kappa shape index (κ1) is 18.3. The number of aliphatic imine (C=N–C) groups is 1. The summed E-state index contributed by atoms with van der Waals surface area (Å²) < 4.78 is 11.6. The van der Waals surface area contributed by atoms with Crippen molar-refractivity contribution in [2.45, 2.75) is 18.6 Å². The number of nitriles is 1. The van der Waals surface area contributed by atoms with E-state index in [1.54, 1.807) is 13.1 Å². The second-order valence-electron chi connectivity index (χ2n) is 6.81. The second-order valence-corrected chi connectivity index (χ2v) is 6.81. The molecule has 2 aliphatic rings. The average Bonchev–Trinajstić information content (AvgIpc) is 3.01. The molecule has 0 saturated heterocycles. The van der Waals surface area contributed by atoms with Gasteiger partial charge < -0.3 is 15.2 Å². The molecule has 1 atom stereocenters. The molecule has 144 valence electrons. The Morgan fingerprint density at radius 3 is 2.79 bits per heavy atom. The summed E-state index contributed by atoms with van der Waals surface area (Å²) >= 11 is 0. The van der Waals surface area contributed by atoms with E-state index in [4.69, 9.17) is 20.0 Å². The van der Waals surface area contributed by atoms with Crippen LogP contribution in [0.1, 0.15) is 24.0 Å². The lowest BCUT2D eigenvalue weighted by molar-refractivity contribution is -0.178. The molecule has 2 heterocycles. The minimum atomic E-state index is -0.961. The molecule has 0 bridgehead atoms. The Hall–Kier alpha value is -3.08. The van der Waals surface area contributed by atoms with Gasteiger partial charge in [0.1, 0.15) is 12.4 Å². The maximum atomic E-state index is 9.21. The predicted octanol–water partition coefficient (Wildman–Crippen LogP) is 2.76. The van der Waals surface area contributed by atoms with E-state index in [9.17, 15) is 5.26 Å². The normalized spacial score (nSPS) is 22.1. The zero-order valence-electron chi connectivity index (χ0n) is 15.7. The van der Waals surface area contributed by atoms with E-state index in [0.29, 0.717) is 43.5 Å². The number of nitrogens with two attached hydrogens (primary N) is 1. The van der Waals surface area contributed by atoms with Gasteiger partial charge in [-0.2, -0.15) is 5.26 Å². The van der Waals surface area contributed by atoms with E-state index < -0.39 is 5.72 Å². The van der Waals surface area contributed by atoms with E-state index in [2.05, 4.69) is 11.1 Å². The van der Waals surface area contributed by atoms with Gasteiger partial charge >= 0.3 is 0 Å². The first-order chi connectivity index (χ1) is 13.6. The second kappa shape index (κ2) is 7.50. The molecule has 0 fully saturated rings. The Balaban J connectivity index is 1.84. The average molecular weight is 378 g/mol. The maximum Gasteiger partial charge on any atom is 0.218 e. The number of nitrogens with zero attached hydrogens (tertiary/aromatic N) is 3. The lowest BCUT2D eigenvalue weighted by Gasteiger charge is -2.29. The third-order valence-corrected chi connectivity index (χ3v) is 4.92. The highest BCUT2D eigenvalue weighted by molar-refractivity contribution is 5.79. The van der Waals surface area contributed by atoms with Gasteiger partial charge in [0.15, 0.2) is 0 Å². The molecule has 0 aromatic heterocycles. The highest BCUT2D eigenvalue weighted by atomic mass is 16.7. The number of hydrogen-bond acceptors (Lipinski definition) is 7. The van der Waals surface area contributed by atoms with Crippen molar-refractivity contribution in [3.05, 3.63) is 53.6 Å². The molecule has 4 rings (SSSR count). The van der Waals surface area contributed by atoms with Crippen molar-refractivity contribution in [3.8, 4) is 22.9 Å². The summed E-state index contributed by atoms with van der Waals surface area (Å²) in [6.07, 6.45) is 1.38. The van der Waals surface area contributed by atoms with Crippen molar-refractivity contribution < 1.29 is 14.3 Å². The molecule has 28 heavy (non-hydrogen) atoms. The molecule has 0 radical (unpaired) electrons. The summed E-state index contributed by atoms with van der Waals surface area (Å²) in [6.45, 7) is 1.58. The van der Waals surface area contributed by atoms with Crippen LogP contribution < -0.4 is 10.5 Å². The van der Waals surface area contributed by atoms with Crippen LogP contribution in [0.5, 0.6) is 5.75 Å². The number of benzene rings is 2. The highest BCUT2D eigenvalue weighted by Gasteiger charge is 2.43. The zero-order chi connectivity index (χ0) is 19.6. The molecule has 7 nitrogen and oxygen atoms in total. The smallest absolute Gasteiger partial charge is 0.218 e. The van der Waals surface area contributed by atoms with Gasteiger partial charge in [0.25, 0.3) is 0 Å². The largest absolute Gasteiger partial charge is 0.491 e. The van der Waals surface area contributed by atoms with Crippen LogP contribution in [0.15, 0.2) is 47.5 Å². The SMILES string of the molecule is CN1OC2(CCCOCCOc3ccc(-c4cccc(C#N)c4)cc32)N=C1N. The van der Waals surface area contributed by atoms with E-state index in [-0.39, 0.29) is 0 Å². The summed E-state index contributed by atoms with van der Waals surface area (Å²) in [6, 6.07) is 15.6. The zero-order valence-corrected chi connectivity index (χ0v) is 15.7. The van der Waals surface area contributed by atoms with Gasteiger partial charge in [0, 0.05) is 20.1 Å². The fraction of sp³-hybridized carbons (Fsp3) is 0.333. The van der Waals surface area contributed by atoms with Crippen LogP contribution in [0.25, 0.3) is 11.1 Å². The molecule has 0 saturated carbocycles. The molecule has 2 aromatic carbocycles. The van der Waals surface area contributed by atoms with Gasteiger partial charge in [-0.3, -0.25) is 0 Å². The van der Waals surface area contributed by atoms with E-state index in [1.807, 2.05) is 36.4 Å². The number of hydrogen-bond donors (Lipinski definition) is 1. The van der Waals surface area contributed by atoms with Gasteiger partial charge in [0.05, 0.1) is 23.8 Å². The van der Waals surface area contributed by atoms with Crippen molar-refractivity contribution in [1.82, 2.24) is 5.06 Å². The number of rotatable bonds is 1. The van der Waals surface area contributed by atoms with Gasteiger partial charge in [-0.25, -0.2) is 14.9 Å². The van der Waals surface area contributed by atoms with Crippen molar-refractivity contribution in [2.75, 3.05) is 26.9 Å². The quantitative estimate of drug-likeness (QED) is 0.820. The number of hydroxylamine groups is 2. The molecule has 2 N–H and O–H groups in total. The van der Waals surface area contributed by atoms with Crippen molar-refractivity contribution in [1.29, 1.82) is 5.26 Å². The molecule has 0 amide bonds. The lowest BCUT2D eigenvalue weighted by atomic mass is 9.93. The fourth-order valence-corrected chi connectivity index (χ4v) is 3.53. The molecule has 7 heteroatoms. The third-order valence-electron chi connectivity index (χ3n) is 4.92. The maximum absolute atomic E-state index is 9.21. The van der Waals surface area contributed by atoms with Crippen LogP contribution in [0.3, 0.4) is 0 Å². The van der Waals surface area contributed by atoms with Crippen molar-refractivity contribution in [3.63, 3.8) is 0 Å². The molecule has 2 aromatic rings. The van der Waals surface area contributed by atoms with Crippen LogP contribution in [-0.2, 0) is 15.3 Å². The Labute approximate surface area is 163 Å². The van der Waals surface area contributed by atoms with Crippen molar-refractivity contribution in [2.24, 2.45) is 10.7 Å². The summed E-state index contributed by atoms with van der Waals surface area (Å²) in [5.74, 6) is 1.01. The van der Waals surface area contributed by atoms with Crippen LogP contribution in [0, 0.1) is 11.3 Å². The van der Waals surface area contributed by atoms with Gasteiger partial charge in [-0.15, -0.1) is 0 Å². The van der Waals surface area contributed by atoms with Crippen molar-refractivity contribution >= 4 is 5.96 Å². The number of fused-ring (bicyclic) bond motifs is 2. The molecule has 2 aliphatic heterocycles. The fourth-order valence-electron chi connectivity index (χ4n) is 3.53. The Morgan fingerprint density at radius 1 is 1.14 bits per heavy atom. The van der Waals surface area contributed by atoms with Gasteiger partial charge in [0.2, 0.25) is 11.7 Å². The minimum Gasteiger partial charge on any atom is -0.491 e. The Morgan fingerprint density at radius 2 is 2.00 bits per heavy atom. The predicted molar refractivity (Wildman–Crippen MR) is 104 cm³/mol. The summed E-state index contributed by atoms with van der Waals surface area (Å²) in [4.78, 5) is 10.8. The molecular formula is C21H22N4O3. The monoisotopic (exact) mass is 378 g/mol. The highest BCUT2D eigenvalue weighted by Crippen LogP contribution is 2.43.